The zero-order chi connectivity index (χ0) is 15.6. The van der Waals surface area contributed by atoms with Crippen LogP contribution < -0.4 is 4.72 Å². The topological polar surface area (TPSA) is 119 Å². The molecule has 9 nitrogen and oxygen atoms in total. The Morgan fingerprint density at radius 1 is 1.43 bits per heavy atom. The Balaban J connectivity index is 2.04. The molecule has 2 N–H and O–H groups in total. The Kier molecular flexibility index (Phi) is 4.09. The highest BCUT2D eigenvalue weighted by atomic mass is 32.2. The lowest BCUT2D eigenvalue weighted by atomic mass is 10.4. The van der Waals surface area contributed by atoms with Gasteiger partial charge in [-0.3, -0.25) is 4.68 Å². The van der Waals surface area contributed by atoms with Crippen LogP contribution in [0.1, 0.15) is 16.3 Å². The van der Waals surface area contributed by atoms with Crippen LogP contribution in [0.2, 0.25) is 0 Å². The van der Waals surface area contributed by atoms with E-state index < -0.39 is 16.0 Å². The van der Waals surface area contributed by atoms with Gasteiger partial charge in [-0.05, 0) is 6.07 Å². The van der Waals surface area contributed by atoms with Crippen LogP contribution in [0.5, 0.6) is 0 Å². The lowest BCUT2D eigenvalue weighted by Gasteiger charge is -2.02. The molecule has 0 fully saturated rings. The number of carboxylic acid groups (broad SMARTS) is 1. The van der Waals surface area contributed by atoms with Crippen molar-refractivity contribution in [2.75, 3.05) is 6.54 Å². The highest BCUT2D eigenvalue weighted by Crippen LogP contribution is 2.13. The minimum Gasteiger partial charge on any atom is -0.477 e. The third kappa shape index (κ3) is 3.47. The Bertz CT molecular complexity index is 761. The van der Waals surface area contributed by atoms with Crippen molar-refractivity contribution in [2.24, 2.45) is 14.1 Å². The molecule has 0 aromatic carbocycles. The van der Waals surface area contributed by atoms with Gasteiger partial charge in [-0.15, -0.1) is 0 Å². The Hall–Kier alpha value is -2.20. The summed E-state index contributed by atoms with van der Waals surface area (Å²) in [5, 5.41) is 13.0. The SMILES string of the molecule is Cn1cnc(CCNS(=O)(=O)c2cc(C(=O)O)n(C)c2)n1. The second-order valence-electron chi connectivity index (χ2n) is 4.46. The molecule has 0 unspecified atom stereocenters. The van der Waals surface area contributed by atoms with Gasteiger partial charge in [0, 0.05) is 33.3 Å². The molecule has 0 spiro atoms. The predicted octanol–water partition coefficient (Wildman–Crippen LogP) is -0.627. The highest BCUT2D eigenvalue weighted by Gasteiger charge is 2.19. The van der Waals surface area contributed by atoms with E-state index in [-0.39, 0.29) is 17.1 Å². The Morgan fingerprint density at radius 3 is 2.67 bits per heavy atom. The quantitative estimate of drug-likeness (QED) is 0.733. The van der Waals surface area contributed by atoms with Crippen LogP contribution in [-0.2, 0) is 30.5 Å². The van der Waals surface area contributed by atoms with Crippen molar-refractivity contribution < 1.29 is 18.3 Å². The molecule has 0 aliphatic heterocycles. The fourth-order valence-electron chi connectivity index (χ4n) is 1.77. The van der Waals surface area contributed by atoms with Gasteiger partial charge in [0.15, 0.2) is 5.82 Å². The van der Waals surface area contributed by atoms with E-state index in [1.807, 2.05) is 0 Å². The third-order valence-electron chi connectivity index (χ3n) is 2.80. The number of hydrogen-bond acceptors (Lipinski definition) is 5. The van der Waals surface area contributed by atoms with Crippen molar-refractivity contribution in [3.05, 3.63) is 30.1 Å². The molecule has 21 heavy (non-hydrogen) atoms. The molecule has 0 saturated carbocycles. The number of carbonyl (C=O) groups is 1. The van der Waals surface area contributed by atoms with Crippen LogP contribution >= 0.6 is 0 Å². The standard InChI is InChI=1S/C11H15N5O4S/c1-15-6-8(5-9(15)11(17)18)21(19,20)13-4-3-10-12-7-16(2)14-10/h5-7,13H,3-4H2,1-2H3,(H,17,18). The molecule has 0 amide bonds. The first kappa shape index (κ1) is 15.2. The molecule has 114 valence electrons. The largest absolute Gasteiger partial charge is 0.477 e. The van der Waals surface area contributed by atoms with E-state index in [9.17, 15) is 13.2 Å². The molecular weight excluding hydrogens is 298 g/mol. The Morgan fingerprint density at radius 2 is 2.14 bits per heavy atom. The van der Waals surface area contributed by atoms with Crippen molar-refractivity contribution in [3.8, 4) is 0 Å². The van der Waals surface area contributed by atoms with Gasteiger partial charge in [-0.1, -0.05) is 0 Å². The lowest BCUT2D eigenvalue weighted by Crippen LogP contribution is -2.26. The van der Waals surface area contributed by atoms with Crippen molar-refractivity contribution in [1.29, 1.82) is 0 Å². The summed E-state index contributed by atoms with van der Waals surface area (Å²) in [4.78, 5) is 14.8. The average Bonchev–Trinajstić information content (AvgIpc) is 2.96. The summed E-state index contributed by atoms with van der Waals surface area (Å²) in [7, 11) is -0.563. The van der Waals surface area contributed by atoms with E-state index in [0.29, 0.717) is 12.2 Å². The molecule has 0 saturated heterocycles. The molecular formula is C11H15N5O4S. The number of hydrogen-bond donors (Lipinski definition) is 2. The highest BCUT2D eigenvalue weighted by molar-refractivity contribution is 7.89. The number of sulfonamides is 1. The molecule has 0 bridgehead atoms. The number of carboxylic acids is 1. The monoisotopic (exact) mass is 313 g/mol. The fraction of sp³-hybridized carbons (Fsp3) is 0.364. The van der Waals surface area contributed by atoms with Gasteiger partial charge in [0.05, 0.1) is 0 Å². The minimum atomic E-state index is -3.76. The van der Waals surface area contributed by atoms with Gasteiger partial charge >= 0.3 is 5.97 Å². The van der Waals surface area contributed by atoms with Crippen LogP contribution in [0.25, 0.3) is 0 Å². The summed E-state index contributed by atoms with van der Waals surface area (Å²) in [5.74, 6) is -0.656. The van der Waals surface area contributed by atoms with Crippen molar-refractivity contribution in [1.82, 2.24) is 24.1 Å². The van der Waals surface area contributed by atoms with Gasteiger partial charge in [0.1, 0.15) is 16.9 Å². The molecule has 10 heteroatoms. The molecule has 2 aromatic heterocycles. The average molecular weight is 313 g/mol. The van der Waals surface area contributed by atoms with Gasteiger partial charge in [-0.2, -0.15) is 5.10 Å². The van der Waals surface area contributed by atoms with E-state index in [4.69, 9.17) is 5.11 Å². The van der Waals surface area contributed by atoms with Crippen molar-refractivity contribution in [2.45, 2.75) is 11.3 Å². The molecule has 0 aliphatic rings. The summed E-state index contributed by atoms with van der Waals surface area (Å²) in [5.41, 5.74) is -0.0956. The maximum Gasteiger partial charge on any atom is 0.352 e. The number of nitrogens with zero attached hydrogens (tertiary/aromatic N) is 4. The molecule has 2 rings (SSSR count). The maximum absolute atomic E-state index is 12.1. The van der Waals surface area contributed by atoms with E-state index >= 15 is 0 Å². The summed E-state index contributed by atoms with van der Waals surface area (Å²) in [6.07, 6.45) is 3.13. The number of aryl methyl sites for hydroxylation is 2. The van der Waals surface area contributed by atoms with Crippen LogP contribution in [0.15, 0.2) is 23.5 Å². The van der Waals surface area contributed by atoms with Crippen LogP contribution in [0, 0.1) is 0 Å². The van der Waals surface area contributed by atoms with Gasteiger partial charge in [0.2, 0.25) is 10.0 Å². The first-order valence-electron chi connectivity index (χ1n) is 6.03. The van der Waals surface area contributed by atoms with Gasteiger partial charge in [-0.25, -0.2) is 22.9 Å². The first-order valence-corrected chi connectivity index (χ1v) is 7.52. The second-order valence-corrected chi connectivity index (χ2v) is 6.23. The van der Waals surface area contributed by atoms with Crippen molar-refractivity contribution in [3.63, 3.8) is 0 Å². The fourth-order valence-corrected chi connectivity index (χ4v) is 2.87. The summed E-state index contributed by atoms with van der Waals surface area (Å²) >= 11 is 0. The number of nitrogens with one attached hydrogen (secondary N) is 1. The predicted molar refractivity (Wildman–Crippen MR) is 72.3 cm³/mol. The van der Waals surface area contributed by atoms with Crippen LogP contribution in [0.4, 0.5) is 0 Å². The van der Waals surface area contributed by atoms with Crippen LogP contribution in [0.3, 0.4) is 0 Å². The van der Waals surface area contributed by atoms with Gasteiger partial charge < -0.3 is 9.67 Å². The zero-order valence-electron chi connectivity index (χ0n) is 11.5. The normalized spacial score (nSPS) is 11.7. The molecule has 0 aliphatic carbocycles. The summed E-state index contributed by atoms with van der Waals surface area (Å²) in [6.45, 7) is 0.129. The molecule has 2 heterocycles. The third-order valence-corrected chi connectivity index (χ3v) is 4.23. The van der Waals surface area contributed by atoms with E-state index in [1.54, 1.807) is 7.05 Å². The number of aromatic nitrogens is 4. The zero-order valence-corrected chi connectivity index (χ0v) is 12.3. The van der Waals surface area contributed by atoms with E-state index in [1.165, 1.54) is 28.8 Å². The number of rotatable bonds is 6. The number of aromatic carboxylic acids is 1. The van der Waals surface area contributed by atoms with Gasteiger partial charge in [0.25, 0.3) is 0 Å². The van der Waals surface area contributed by atoms with Crippen LogP contribution in [-0.4, -0.2) is 45.4 Å². The minimum absolute atomic E-state index is 0.0867. The van der Waals surface area contributed by atoms with E-state index in [0.717, 1.165) is 6.07 Å². The summed E-state index contributed by atoms with van der Waals surface area (Å²) in [6, 6.07) is 1.11. The smallest absolute Gasteiger partial charge is 0.352 e. The maximum atomic E-state index is 12.1. The summed E-state index contributed by atoms with van der Waals surface area (Å²) < 4.78 is 29.3. The van der Waals surface area contributed by atoms with Crippen molar-refractivity contribution >= 4 is 16.0 Å². The Labute approximate surface area is 121 Å². The molecule has 0 atom stereocenters. The van der Waals surface area contributed by atoms with E-state index in [2.05, 4.69) is 14.8 Å². The molecule has 0 radical (unpaired) electrons. The lowest BCUT2D eigenvalue weighted by molar-refractivity contribution is 0.0686. The molecule has 2 aromatic rings. The first-order chi connectivity index (χ1) is 9.79. The second kappa shape index (κ2) is 5.66.